The van der Waals surface area contributed by atoms with Crippen molar-refractivity contribution in [1.29, 1.82) is 5.26 Å². The fourth-order valence-electron chi connectivity index (χ4n) is 1.90. The number of aryl methyl sites for hydroxylation is 1. The van der Waals surface area contributed by atoms with Gasteiger partial charge in [0, 0.05) is 5.69 Å². The Bertz CT molecular complexity index is 715. The molecular weight excluding hydrogens is 284 g/mol. The van der Waals surface area contributed by atoms with E-state index in [1.165, 1.54) is 31.2 Å². The number of hydrogen-bond donors (Lipinski definition) is 1. The van der Waals surface area contributed by atoms with Crippen LogP contribution < -0.4 is 5.32 Å². The molecule has 0 saturated heterocycles. The molecule has 0 aliphatic carbocycles. The van der Waals surface area contributed by atoms with Crippen molar-refractivity contribution < 1.29 is 17.6 Å². The second kappa shape index (κ2) is 5.44. The number of nitriles is 1. The maximum absolute atomic E-state index is 13.4. The Morgan fingerprint density at radius 2 is 1.86 bits per heavy atom. The van der Waals surface area contributed by atoms with Crippen LogP contribution in [0.1, 0.15) is 16.7 Å². The molecule has 2 rings (SSSR count). The molecule has 21 heavy (non-hydrogen) atoms. The number of benzene rings is 2. The van der Waals surface area contributed by atoms with Gasteiger partial charge in [-0.2, -0.15) is 18.4 Å². The van der Waals surface area contributed by atoms with Gasteiger partial charge in [-0.15, -0.1) is 0 Å². The summed E-state index contributed by atoms with van der Waals surface area (Å²) >= 11 is 0. The molecule has 1 N–H and O–H groups in total. The van der Waals surface area contributed by atoms with Gasteiger partial charge in [-0.05, 0) is 36.8 Å². The number of nitrogens with zero attached hydrogens (tertiary/aromatic N) is 1. The van der Waals surface area contributed by atoms with Crippen molar-refractivity contribution in [2.45, 2.75) is 13.1 Å². The highest BCUT2D eigenvalue weighted by molar-refractivity contribution is 5.67. The smallest absolute Gasteiger partial charge is 0.354 e. The zero-order valence-electron chi connectivity index (χ0n) is 10.9. The lowest BCUT2D eigenvalue weighted by Crippen LogP contribution is -2.08. The normalized spacial score (nSPS) is 11.0. The Kier molecular flexibility index (Phi) is 3.85. The summed E-state index contributed by atoms with van der Waals surface area (Å²) in [4.78, 5) is 0. The van der Waals surface area contributed by atoms with Gasteiger partial charge in [-0.3, -0.25) is 0 Å². The maximum atomic E-state index is 13.4. The average Bonchev–Trinajstić information content (AvgIpc) is 2.40. The number of alkyl halides is 3. The molecule has 0 spiro atoms. The van der Waals surface area contributed by atoms with Crippen molar-refractivity contribution in [3.05, 3.63) is 58.9 Å². The summed E-state index contributed by atoms with van der Waals surface area (Å²) in [6.07, 6.45) is -4.47. The summed E-state index contributed by atoms with van der Waals surface area (Å²) in [7, 11) is 0. The fourth-order valence-corrected chi connectivity index (χ4v) is 1.90. The molecule has 2 nitrogen and oxygen atoms in total. The first-order valence-corrected chi connectivity index (χ1v) is 5.96. The minimum Gasteiger partial charge on any atom is -0.354 e. The SMILES string of the molecule is Cc1ccc(Nc2cccc(F)c2C#N)cc1C(F)(F)F. The van der Waals surface area contributed by atoms with Gasteiger partial charge in [-0.25, -0.2) is 4.39 Å². The minimum absolute atomic E-state index is 0.0906. The van der Waals surface area contributed by atoms with Crippen LogP contribution in [0.4, 0.5) is 28.9 Å². The van der Waals surface area contributed by atoms with Gasteiger partial charge >= 0.3 is 6.18 Å². The highest BCUT2D eigenvalue weighted by Gasteiger charge is 2.32. The zero-order chi connectivity index (χ0) is 15.6. The summed E-state index contributed by atoms with van der Waals surface area (Å²) in [5.41, 5.74) is -0.675. The number of rotatable bonds is 2. The van der Waals surface area contributed by atoms with Crippen molar-refractivity contribution in [2.24, 2.45) is 0 Å². The highest BCUT2D eigenvalue weighted by atomic mass is 19.4. The number of halogens is 4. The van der Waals surface area contributed by atoms with Crippen LogP contribution in [0, 0.1) is 24.1 Å². The second-order valence-electron chi connectivity index (χ2n) is 4.43. The van der Waals surface area contributed by atoms with Crippen LogP contribution in [0.3, 0.4) is 0 Å². The van der Waals surface area contributed by atoms with Gasteiger partial charge in [0.1, 0.15) is 17.4 Å². The van der Waals surface area contributed by atoms with Crippen molar-refractivity contribution in [3.8, 4) is 6.07 Å². The zero-order valence-corrected chi connectivity index (χ0v) is 10.9. The molecule has 0 bridgehead atoms. The second-order valence-corrected chi connectivity index (χ2v) is 4.43. The minimum atomic E-state index is -4.47. The fraction of sp³-hybridized carbons (Fsp3) is 0.133. The topological polar surface area (TPSA) is 35.8 Å². The Labute approximate surface area is 118 Å². The Morgan fingerprint density at radius 1 is 1.14 bits per heavy atom. The largest absolute Gasteiger partial charge is 0.416 e. The van der Waals surface area contributed by atoms with E-state index in [-0.39, 0.29) is 22.5 Å². The van der Waals surface area contributed by atoms with Gasteiger partial charge in [0.05, 0.1) is 11.3 Å². The van der Waals surface area contributed by atoms with Crippen LogP contribution >= 0.6 is 0 Å². The summed E-state index contributed by atoms with van der Waals surface area (Å²) in [5.74, 6) is -0.731. The van der Waals surface area contributed by atoms with Crippen molar-refractivity contribution in [2.75, 3.05) is 5.32 Å². The van der Waals surface area contributed by atoms with E-state index >= 15 is 0 Å². The Hall–Kier alpha value is -2.55. The van der Waals surface area contributed by atoms with Crippen LogP contribution in [-0.2, 0) is 6.18 Å². The van der Waals surface area contributed by atoms with Crippen molar-refractivity contribution in [1.82, 2.24) is 0 Å². The molecule has 0 fully saturated rings. The van der Waals surface area contributed by atoms with Crippen LogP contribution in [0.5, 0.6) is 0 Å². The maximum Gasteiger partial charge on any atom is 0.416 e. The summed E-state index contributed by atoms with van der Waals surface area (Å²) in [5, 5.41) is 11.5. The van der Waals surface area contributed by atoms with E-state index in [0.29, 0.717) is 0 Å². The number of hydrogen-bond acceptors (Lipinski definition) is 2. The molecule has 0 atom stereocenters. The lowest BCUT2D eigenvalue weighted by Gasteiger charge is -2.14. The van der Waals surface area contributed by atoms with E-state index in [0.717, 1.165) is 12.1 Å². The monoisotopic (exact) mass is 294 g/mol. The molecule has 0 aliphatic rings. The summed E-state index contributed by atoms with van der Waals surface area (Å²) < 4.78 is 52.0. The predicted molar refractivity (Wildman–Crippen MR) is 70.6 cm³/mol. The van der Waals surface area contributed by atoms with Crippen LogP contribution in [0.25, 0.3) is 0 Å². The molecule has 0 amide bonds. The molecule has 108 valence electrons. The molecule has 2 aromatic rings. The summed E-state index contributed by atoms with van der Waals surface area (Å²) in [6.45, 7) is 1.36. The third-order valence-electron chi connectivity index (χ3n) is 2.95. The molecule has 0 heterocycles. The van der Waals surface area contributed by atoms with Gasteiger partial charge in [0.25, 0.3) is 0 Å². The number of nitrogens with one attached hydrogen (secondary N) is 1. The molecule has 0 aromatic heterocycles. The molecular formula is C15H10F4N2. The molecule has 0 radical (unpaired) electrons. The van der Waals surface area contributed by atoms with Crippen LogP contribution in [-0.4, -0.2) is 0 Å². The van der Waals surface area contributed by atoms with Gasteiger partial charge < -0.3 is 5.32 Å². The van der Waals surface area contributed by atoms with Gasteiger partial charge in [0.15, 0.2) is 0 Å². The predicted octanol–water partition coefficient (Wildman–Crippen LogP) is 4.77. The van der Waals surface area contributed by atoms with E-state index in [1.807, 2.05) is 0 Å². The molecule has 0 unspecified atom stereocenters. The molecule has 0 aliphatic heterocycles. The highest BCUT2D eigenvalue weighted by Crippen LogP contribution is 2.34. The van der Waals surface area contributed by atoms with E-state index in [1.54, 1.807) is 6.07 Å². The Morgan fingerprint density at radius 3 is 2.48 bits per heavy atom. The molecule has 2 aromatic carbocycles. The van der Waals surface area contributed by atoms with Crippen molar-refractivity contribution >= 4 is 11.4 Å². The first-order valence-electron chi connectivity index (χ1n) is 5.96. The third kappa shape index (κ3) is 3.14. The lowest BCUT2D eigenvalue weighted by molar-refractivity contribution is -0.138. The van der Waals surface area contributed by atoms with Gasteiger partial charge in [-0.1, -0.05) is 12.1 Å². The Balaban J connectivity index is 2.42. The summed E-state index contributed by atoms with van der Waals surface area (Å²) in [6, 6.07) is 9.28. The van der Waals surface area contributed by atoms with E-state index in [4.69, 9.17) is 5.26 Å². The number of anilines is 2. The average molecular weight is 294 g/mol. The third-order valence-corrected chi connectivity index (χ3v) is 2.95. The van der Waals surface area contributed by atoms with Gasteiger partial charge in [0.2, 0.25) is 0 Å². The van der Waals surface area contributed by atoms with E-state index < -0.39 is 17.6 Å². The first-order chi connectivity index (χ1) is 9.82. The van der Waals surface area contributed by atoms with Crippen LogP contribution in [0.15, 0.2) is 36.4 Å². The first kappa shape index (κ1) is 14.9. The van der Waals surface area contributed by atoms with Crippen LogP contribution in [0.2, 0.25) is 0 Å². The quantitative estimate of drug-likeness (QED) is 0.810. The van der Waals surface area contributed by atoms with Crippen molar-refractivity contribution in [3.63, 3.8) is 0 Å². The molecule has 6 heteroatoms. The van der Waals surface area contributed by atoms with E-state index in [2.05, 4.69) is 5.32 Å². The van der Waals surface area contributed by atoms with E-state index in [9.17, 15) is 17.6 Å². The standard InChI is InChI=1S/C15H10F4N2/c1-9-5-6-10(7-12(9)15(17,18)19)21-14-4-2-3-13(16)11(14)8-20/h2-7,21H,1H3. The molecule has 0 saturated carbocycles. The lowest BCUT2D eigenvalue weighted by atomic mass is 10.1.